The number of hydrogen-bond donors (Lipinski definition) is 0. The van der Waals surface area contributed by atoms with Gasteiger partial charge < -0.3 is 24.8 Å². The molecule has 6 rings (SSSR count). The minimum atomic E-state index is 0. The van der Waals surface area contributed by atoms with Crippen LogP contribution in [0.4, 0.5) is 0 Å². The van der Waals surface area contributed by atoms with Crippen molar-refractivity contribution in [2.75, 3.05) is 0 Å². The summed E-state index contributed by atoms with van der Waals surface area (Å²) in [7, 11) is 0. The van der Waals surface area contributed by atoms with Crippen molar-refractivity contribution in [3.8, 4) is 0 Å². The molecule has 0 aromatic heterocycles. The molecular formula is C45H51Cl2Zr-. The molecule has 0 fully saturated rings. The number of hydrogen-bond acceptors (Lipinski definition) is 0. The summed E-state index contributed by atoms with van der Waals surface area (Å²) in [5.41, 5.74) is 12.0. The van der Waals surface area contributed by atoms with Crippen LogP contribution in [0.15, 0.2) is 103 Å². The van der Waals surface area contributed by atoms with Crippen molar-refractivity contribution >= 4 is 30.3 Å². The summed E-state index contributed by atoms with van der Waals surface area (Å²) in [6.07, 6.45) is 7.92. The van der Waals surface area contributed by atoms with Crippen LogP contribution in [-0.4, -0.2) is 3.21 Å². The standard InChI is InChI=1S/C32H41.C13H10.2ClH.Zr/c1-19(2)26-27(20(3)4)30(32(8,9)10)28(21-13-11-12-14-21)25-18-22-17-23(31(5,6)7)15-16-24(22)29(25)26;1-3-7-12(8-4-1)11-13-9-5-2-6-10-13;;;/h11-13,15-20H,14H2,1-10H3;1-10H;2*1H;/q-1;;;;+2/p-2. The maximum absolute atomic E-state index is 2.50. The van der Waals surface area contributed by atoms with Gasteiger partial charge in [-0.2, -0.15) is 0 Å². The topological polar surface area (TPSA) is 0 Å². The van der Waals surface area contributed by atoms with E-state index in [9.17, 15) is 0 Å². The first-order valence-electron chi connectivity index (χ1n) is 17.0. The SMILES string of the molecule is CC(C)c1c(C(C)(C)C)c(C2=CC=CC2)c2[cH-]c3cc(C(C)(C)C)ccc3c2c1C(C)C.[Cl-].[Cl-].[Zr+2]=[C](c1ccccc1)c1ccccc1. The molecule has 1 aliphatic carbocycles. The summed E-state index contributed by atoms with van der Waals surface area (Å²) < 4.78 is 1.42. The Morgan fingerprint density at radius 1 is 0.708 bits per heavy atom. The van der Waals surface area contributed by atoms with E-state index in [0.717, 1.165) is 6.42 Å². The number of halogens is 2. The monoisotopic (exact) mass is 751 g/mol. The summed E-state index contributed by atoms with van der Waals surface area (Å²) in [4.78, 5) is 0. The first kappa shape index (κ1) is 40.0. The van der Waals surface area contributed by atoms with Crippen molar-refractivity contribution in [2.24, 2.45) is 0 Å². The molecule has 0 heterocycles. The van der Waals surface area contributed by atoms with Gasteiger partial charge in [0.05, 0.1) is 0 Å². The molecule has 0 aliphatic heterocycles. The Hall–Kier alpha value is -2.44. The van der Waals surface area contributed by atoms with E-state index in [1.165, 1.54) is 76.8 Å². The van der Waals surface area contributed by atoms with E-state index in [0.29, 0.717) is 11.8 Å². The summed E-state index contributed by atoms with van der Waals surface area (Å²) >= 11 is 1.46. The van der Waals surface area contributed by atoms with Crippen molar-refractivity contribution in [2.45, 2.75) is 98.3 Å². The Kier molecular flexibility index (Phi) is 13.4. The van der Waals surface area contributed by atoms with Crippen LogP contribution in [0, 0.1) is 0 Å². The summed E-state index contributed by atoms with van der Waals surface area (Å²) in [6, 6.07) is 30.8. The van der Waals surface area contributed by atoms with Gasteiger partial charge in [-0.05, 0) is 29.1 Å². The fourth-order valence-electron chi connectivity index (χ4n) is 7.10. The number of allylic oxidation sites excluding steroid dienone is 4. The summed E-state index contributed by atoms with van der Waals surface area (Å²) in [6.45, 7) is 23.7. The third-order valence-electron chi connectivity index (χ3n) is 9.23. The molecule has 0 bridgehead atoms. The molecule has 0 spiro atoms. The zero-order chi connectivity index (χ0) is 33.4. The summed E-state index contributed by atoms with van der Waals surface area (Å²) in [5.74, 6) is 0.965. The van der Waals surface area contributed by atoms with E-state index in [-0.39, 0.29) is 35.6 Å². The molecule has 0 amide bonds. The van der Waals surface area contributed by atoms with Gasteiger partial charge in [-0.1, -0.05) is 133 Å². The van der Waals surface area contributed by atoms with Crippen LogP contribution in [-0.2, 0) is 35.1 Å². The maximum atomic E-state index is 2.50. The second-order valence-electron chi connectivity index (χ2n) is 15.6. The third-order valence-corrected chi connectivity index (χ3v) is 10.6. The molecule has 48 heavy (non-hydrogen) atoms. The van der Waals surface area contributed by atoms with Crippen LogP contribution in [0.5, 0.6) is 0 Å². The van der Waals surface area contributed by atoms with Gasteiger partial charge in [0, 0.05) is 0 Å². The normalized spacial score (nSPS) is 12.9. The Balaban J connectivity index is 0.000000329. The first-order valence-corrected chi connectivity index (χ1v) is 18.2. The van der Waals surface area contributed by atoms with Crippen molar-refractivity contribution in [3.05, 3.63) is 142 Å². The van der Waals surface area contributed by atoms with E-state index in [1.54, 1.807) is 16.7 Å². The third kappa shape index (κ3) is 8.29. The van der Waals surface area contributed by atoms with Gasteiger partial charge in [-0.15, -0.1) is 33.7 Å². The molecular weight excluding hydrogens is 703 g/mol. The van der Waals surface area contributed by atoms with Crippen molar-refractivity contribution in [1.29, 1.82) is 0 Å². The molecule has 250 valence electrons. The van der Waals surface area contributed by atoms with Crippen LogP contribution in [0.1, 0.15) is 126 Å². The first-order chi connectivity index (χ1) is 21.7. The molecule has 0 nitrogen and oxygen atoms in total. The van der Waals surface area contributed by atoms with E-state index >= 15 is 0 Å². The fourth-order valence-corrected chi connectivity index (χ4v) is 7.92. The van der Waals surface area contributed by atoms with Gasteiger partial charge in [0.25, 0.3) is 0 Å². The van der Waals surface area contributed by atoms with Crippen LogP contribution in [0.3, 0.4) is 0 Å². The van der Waals surface area contributed by atoms with Gasteiger partial charge in [-0.3, -0.25) is 0 Å². The average Bonchev–Trinajstić information content (AvgIpc) is 3.68. The molecule has 5 aromatic rings. The van der Waals surface area contributed by atoms with E-state index < -0.39 is 0 Å². The number of rotatable bonds is 5. The quantitative estimate of drug-likeness (QED) is 0.175. The Morgan fingerprint density at radius 2 is 1.25 bits per heavy atom. The van der Waals surface area contributed by atoms with Crippen molar-refractivity contribution in [1.82, 2.24) is 0 Å². The van der Waals surface area contributed by atoms with Crippen LogP contribution >= 0.6 is 0 Å². The molecule has 0 unspecified atom stereocenters. The van der Waals surface area contributed by atoms with Crippen molar-refractivity contribution in [3.63, 3.8) is 0 Å². The predicted molar refractivity (Wildman–Crippen MR) is 200 cm³/mol. The zero-order valence-corrected chi connectivity index (χ0v) is 34.4. The second-order valence-corrected chi connectivity index (χ2v) is 16.8. The Labute approximate surface area is 317 Å². The molecule has 1 aliphatic rings. The van der Waals surface area contributed by atoms with Gasteiger partial charge in [0.1, 0.15) is 0 Å². The molecule has 0 saturated heterocycles. The van der Waals surface area contributed by atoms with Crippen LogP contribution in [0.25, 0.3) is 27.1 Å². The van der Waals surface area contributed by atoms with Crippen molar-refractivity contribution < 1.29 is 49.0 Å². The molecule has 0 saturated carbocycles. The molecule has 5 aromatic carbocycles. The molecule has 0 radical (unpaired) electrons. The van der Waals surface area contributed by atoms with E-state index in [2.05, 4.69) is 172 Å². The van der Waals surface area contributed by atoms with E-state index in [1.807, 2.05) is 0 Å². The fraction of sp³-hybridized carbons (Fsp3) is 0.333. The Morgan fingerprint density at radius 3 is 1.69 bits per heavy atom. The zero-order valence-electron chi connectivity index (χ0n) is 30.4. The van der Waals surface area contributed by atoms with Gasteiger partial charge in [-0.25, -0.2) is 0 Å². The second kappa shape index (κ2) is 16.1. The number of fused-ring (bicyclic) bond motifs is 3. The minimum absolute atomic E-state index is 0. The van der Waals surface area contributed by atoms with Gasteiger partial charge in [0.15, 0.2) is 0 Å². The van der Waals surface area contributed by atoms with Gasteiger partial charge >= 0.3 is 99.2 Å². The van der Waals surface area contributed by atoms with Crippen LogP contribution < -0.4 is 24.8 Å². The average molecular weight is 754 g/mol. The summed E-state index contributed by atoms with van der Waals surface area (Å²) in [5, 5.41) is 5.77. The van der Waals surface area contributed by atoms with Crippen LogP contribution in [0.2, 0.25) is 0 Å². The van der Waals surface area contributed by atoms with Gasteiger partial charge in [0.2, 0.25) is 0 Å². The molecule has 3 heteroatoms. The molecule has 0 atom stereocenters. The van der Waals surface area contributed by atoms with E-state index in [4.69, 9.17) is 0 Å². The molecule has 0 N–H and O–H groups in total. The Bertz CT molecular complexity index is 1880. The number of benzene rings is 4. The predicted octanol–water partition coefficient (Wildman–Crippen LogP) is 6.71.